The summed E-state index contributed by atoms with van der Waals surface area (Å²) >= 11 is 4.07. The van der Waals surface area contributed by atoms with Crippen LogP contribution in [0.15, 0.2) is 44.1 Å². The summed E-state index contributed by atoms with van der Waals surface area (Å²) in [5.41, 5.74) is 0.550. The first-order valence-corrected chi connectivity index (χ1v) is 11.9. The van der Waals surface area contributed by atoms with Crippen molar-refractivity contribution in [1.82, 2.24) is 9.80 Å². The summed E-state index contributed by atoms with van der Waals surface area (Å²) in [7, 11) is 0. The molecule has 0 N–H and O–H groups in total. The average molecular weight is 534 g/mol. The van der Waals surface area contributed by atoms with Gasteiger partial charge in [0.1, 0.15) is 18.1 Å². The molecule has 2 aliphatic rings. The van der Waals surface area contributed by atoms with Crippen LogP contribution in [-0.4, -0.2) is 51.4 Å². The number of thioether (sulfide) groups is 1. The lowest BCUT2D eigenvalue weighted by Gasteiger charge is -2.31. The maximum atomic E-state index is 12.8. The van der Waals surface area contributed by atoms with Crippen LogP contribution in [0, 0.1) is 16.0 Å². The molecule has 33 heavy (non-hydrogen) atoms. The Morgan fingerprint density at radius 2 is 2.00 bits per heavy atom. The molecule has 11 heteroatoms. The minimum absolute atomic E-state index is 0.0558. The zero-order valence-electron chi connectivity index (χ0n) is 17.7. The predicted molar refractivity (Wildman–Crippen MR) is 126 cm³/mol. The van der Waals surface area contributed by atoms with E-state index in [1.807, 2.05) is 0 Å². The standard InChI is InChI=1S/C22H20BrN3O6S/c1-13-6-8-24(9-7-13)20(27)12-25-21(28)19(33-22(25)29)11-15-3-5-18(32-15)16-4-2-14(26(30)31)10-17(16)23/h2-5,10-11,13H,6-9,12H2,1H3/b19-11+. The number of furan rings is 1. The predicted octanol–water partition coefficient (Wildman–Crippen LogP) is 4.91. The van der Waals surface area contributed by atoms with Crippen LogP contribution in [-0.2, 0) is 9.59 Å². The molecule has 3 heterocycles. The minimum atomic E-state index is -0.529. The lowest BCUT2D eigenvalue weighted by molar-refractivity contribution is -0.384. The van der Waals surface area contributed by atoms with Crippen molar-refractivity contribution in [2.75, 3.05) is 19.6 Å². The molecule has 4 rings (SSSR count). The van der Waals surface area contributed by atoms with Crippen LogP contribution in [0.1, 0.15) is 25.5 Å². The van der Waals surface area contributed by atoms with Gasteiger partial charge in [0.05, 0.1) is 9.83 Å². The number of hydrogen-bond donors (Lipinski definition) is 0. The molecule has 2 aliphatic heterocycles. The first kappa shape index (κ1) is 23.2. The lowest BCUT2D eigenvalue weighted by atomic mass is 9.99. The number of nitro groups is 1. The largest absolute Gasteiger partial charge is 0.457 e. The van der Waals surface area contributed by atoms with Gasteiger partial charge in [-0.2, -0.15) is 0 Å². The molecular formula is C22H20BrN3O6S. The van der Waals surface area contributed by atoms with Crippen molar-refractivity contribution >= 4 is 56.5 Å². The molecule has 2 fully saturated rings. The summed E-state index contributed by atoms with van der Waals surface area (Å²) < 4.78 is 6.26. The van der Waals surface area contributed by atoms with Crippen molar-refractivity contribution in [2.24, 2.45) is 5.92 Å². The molecule has 2 aromatic rings. The van der Waals surface area contributed by atoms with Gasteiger partial charge in [0.2, 0.25) is 5.91 Å². The van der Waals surface area contributed by atoms with E-state index in [1.54, 1.807) is 23.1 Å². The number of piperidine rings is 1. The van der Waals surface area contributed by atoms with Crippen LogP contribution >= 0.6 is 27.7 Å². The minimum Gasteiger partial charge on any atom is -0.457 e. The van der Waals surface area contributed by atoms with Gasteiger partial charge in [-0.1, -0.05) is 6.92 Å². The zero-order chi connectivity index (χ0) is 23.7. The van der Waals surface area contributed by atoms with E-state index in [4.69, 9.17) is 4.42 Å². The molecule has 3 amide bonds. The molecular weight excluding hydrogens is 514 g/mol. The summed E-state index contributed by atoms with van der Waals surface area (Å²) in [6.45, 7) is 3.15. The van der Waals surface area contributed by atoms with Gasteiger partial charge in [0, 0.05) is 41.3 Å². The molecule has 2 saturated heterocycles. The summed E-state index contributed by atoms with van der Waals surface area (Å²) in [5, 5.41) is 10.4. The van der Waals surface area contributed by atoms with E-state index in [1.165, 1.54) is 18.2 Å². The van der Waals surface area contributed by atoms with Crippen LogP contribution in [0.3, 0.4) is 0 Å². The fourth-order valence-corrected chi connectivity index (χ4v) is 5.03. The highest BCUT2D eigenvalue weighted by molar-refractivity contribution is 9.10. The summed E-state index contributed by atoms with van der Waals surface area (Å²) in [4.78, 5) is 51.0. The molecule has 9 nitrogen and oxygen atoms in total. The number of nitrogens with zero attached hydrogens (tertiary/aromatic N) is 3. The Labute approximate surface area is 202 Å². The van der Waals surface area contributed by atoms with E-state index >= 15 is 0 Å². The van der Waals surface area contributed by atoms with Gasteiger partial charge in [-0.3, -0.25) is 29.4 Å². The molecule has 172 valence electrons. The first-order chi connectivity index (χ1) is 15.7. The number of benzene rings is 1. The number of amides is 3. The molecule has 1 aromatic heterocycles. The van der Waals surface area contributed by atoms with Crippen molar-refractivity contribution in [3.8, 4) is 11.3 Å². The van der Waals surface area contributed by atoms with Crippen molar-refractivity contribution in [2.45, 2.75) is 19.8 Å². The first-order valence-electron chi connectivity index (χ1n) is 10.3. The number of rotatable bonds is 5. The number of carbonyl (C=O) groups is 3. The number of halogens is 1. The maximum Gasteiger partial charge on any atom is 0.294 e. The number of non-ortho nitro benzene ring substituents is 1. The highest BCUT2D eigenvalue weighted by atomic mass is 79.9. The van der Waals surface area contributed by atoms with Crippen molar-refractivity contribution in [1.29, 1.82) is 0 Å². The van der Waals surface area contributed by atoms with Crippen LogP contribution in [0.2, 0.25) is 0 Å². The van der Waals surface area contributed by atoms with Gasteiger partial charge in [-0.25, -0.2) is 0 Å². The second kappa shape index (κ2) is 9.52. The summed E-state index contributed by atoms with van der Waals surface area (Å²) in [5.74, 6) is 0.597. The smallest absolute Gasteiger partial charge is 0.294 e. The van der Waals surface area contributed by atoms with Gasteiger partial charge in [0.25, 0.3) is 16.8 Å². The van der Waals surface area contributed by atoms with Crippen LogP contribution < -0.4 is 0 Å². The quantitative estimate of drug-likeness (QED) is 0.304. The van der Waals surface area contributed by atoms with Gasteiger partial charge in [-0.05, 0) is 64.7 Å². The Kier molecular flexibility index (Phi) is 6.71. The van der Waals surface area contributed by atoms with Crippen molar-refractivity contribution < 1.29 is 23.7 Å². The molecule has 0 radical (unpaired) electrons. The van der Waals surface area contributed by atoms with Crippen LogP contribution in [0.4, 0.5) is 10.5 Å². The molecule has 1 aromatic carbocycles. The molecule has 0 spiro atoms. The number of likely N-dealkylation sites (tertiary alicyclic amines) is 1. The summed E-state index contributed by atoms with van der Waals surface area (Å²) in [6, 6.07) is 7.61. The second-order valence-electron chi connectivity index (χ2n) is 7.95. The number of hydrogen-bond acceptors (Lipinski definition) is 7. The molecule has 0 saturated carbocycles. The number of nitro benzene ring substituents is 1. The highest BCUT2D eigenvalue weighted by Crippen LogP contribution is 2.35. The molecule has 0 unspecified atom stereocenters. The van der Waals surface area contributed by atoms with Crippen LogP contribution in [0.5, 0.6) is 0 Å². The molecule has 0 bridgehead atoms. The number of carbonyl (C=O) groups excluding carboxylic acids is 3. The van der Waals surface area contributed by atoms with Gasteiger partial charge in [0.15, 0.2) is 0 Å². The highest BCUT2D eigenvalue weighted by Gasteiger charge is 2.37. The Balaban J connectivity index is 1.46. The Bertz CT molecular complexity index is 1170. The Morgan fingerprint density at radius 3 is 2.67 bits per heavy atom. The second-order valence-corrected chi connectivity index (χ2v) is 9.80. The third-order valence-corrected chi connectivity index (χ3v) is 7.20. The monoisotopic (exact) mass is 533 g/mol. The van der Waals surface area contributed by atoms with E-state index in [0.29, 0.717) is 40.6 Å². The summed E-state index contributed by atoms with van der Waals surface area (Å²) in [6.07, 6.45) is 3.29. The fraction of sp³-hybridized carbons (Fsp3) is 0.318. The average Bonchev–Trinajstić information content (AvgIpc) is 3.34. The van der Waals surface area contributed by atoms with E-state index in [9.17, 15) is 24.5 Å². The van der Waals surface area contributed by atoms with Crippen molar-refractivity contribution in [3.05, 3.63) is 55.6 Å². The van der Waals surface area contributed by atoms with E-state index in [-0.39, 0.29) is 23.0 Å². The molecule has 0 aliphatic carbocycles. The van der Waals surface area contributed by atoms with Gasteiger partial charge in [-0.15, -0.1) is 0 Å². The van der Waals surface area contributed by atoms with Gasteiger partial charge >= 0.3 is 0 Å². The Hall–Kier alpha value is -2.92. The topological polar surface area (TPSA) is 114 Å². The normalized spacial score (nSPS) is 18.4. The van der Waals surface area contributed by atoms with Gasteiger partial charge < -0.3 is 9.32 Å². The third-order valence-electron chi connectivity index (χ3n) is 5.63. The molecule has 0 atom stereocenters. The maximum absolute atomic E-state index is 12.8. The Morgan fingerprint density at radius 1 is 1.27 bits per heavy atom. The fourth-order valence-electron chi connectivity index (χ4n) is 3.65. The number of imide groups is 1. The van der Waals surface area contributed by atoms with Crippen LogP contribution in [0.25, 0.3) is 17.4 Å². The SMILES string of the molecule is CC1CCN(C(=O)CN2C(=O)S/C(=C/c3ccc(-c4ccc([N+](=O)[O-])cc4Br)o3)C2=O)CC1. The third kappa shape index (κ3) is 5.03. The van der Waals surface area contributed by atoms with E-state index < -0.39 is 16.1 Å². The van der Waals surface area contributed by atoms with E-state index in [0.717, 1.165) is 29.5 Å². The zero-order valence-corrected chi connectivity index (χ0v) is 20.1. The lowest BCUT2D eigenvalue weighted by Crippen LogP contribution is -2.45. The van der Waals surface area contributed by atoms with E-state index in [2.05, 4.69) is 22.9 Å². The van der Waals surface area contributed by atoms with Crippen molar-refractivity contribution in [3.63, 3.8) is 0 Å².